The molecule has 1 aromatic rings. The first-order valence-electron chi connectivity index (χ1n) is 7.28. The molecule has 124 valence electrons. The van der Waals surface area contributed by atoms with Crippen LogP contribution in [-0.4, -0.2) is 45.2 Å². The minimum Gasteiger partial charge on any atom is -0.497 e. The van der Waals surface area contributed by atoms with Crippen LogP contribution >= 0.6 is 15.9 Å². The number of amides is 1. The third-order valence-corrected chi connectivity index (χ3v) is 3.78. The summed E-state index contributed by atoms with van der Waals surface area (Å²) in [5.41, 5.74) is 0.843. The topological polar surface area (TPSA) is 66.0 Å². The van der Waals surface area contributed by atoms with E-state index in [0.29, 0.717) is 25.5 Å². The van der Waals surface area contributed by atoms with Crippen molar-refractivity contribution in [3.63, 3.8) is 0 Å². The highest BCUT2D eigenvalue weighted by molar-refractivity contribution is 9.11. The highest BCUT2D eigenvalue weighted by Gasteiger charge is 2.31. The van der Waals surface area contributed by atoms with E-state index in [1.807, 2.05) is 24.3 Å². The molecule has 1 aromatic carbocycles. The SMILES string of the molecule is C=C(Br)CNC(=NC)NC1CC(=O)N(c2cccc(OC)c2)C1. The van der Waals surface area contributed by atoms with Gasteiger partial charge in [-0.2, -0.15) is 0 Å². The number of hydrogen-bond donors (Lipinski definition) is 2. The number of carbonyl (C=O) groups is 1. The average Bonchev–Trinajstić information content (AvgIpc) is 2.91. The van der Waals surface area contributed by atoms with E-state index in [1.54, 1.807) is 19.1 Å². The summed E-state index contributed by atoms with van der Waals surface area (Å²) in [6.07, 6.45) is 0.424. The summed E-state index contributed by atoms with van der Waals surface area (Å²) in [6.45, 7) is 4.93. The first-order valence-corrected chi connectivity index (χ1v) is 8.07. The lowest BCUT2D eigenvalue weighted by atomic mass is 10.2. The minimum absolute atomic E-state index is 0.00323. The summed E-state index contributed by atoms with van der Waals surface area (Å²) in [5.74, 6) is 1.46. The van der Waals surface area contributed by atoms with E-state index in [4.69, 9.17) is 4.74 Å². The molecule has 23 heavy (non-hydrogen) atoms. The summed E-state index contributed by atoms with van der Waals surface area (Å²) in [6, 6.07) is 7.51. The Balaban J connectivity index is 2.00. The van der Waals surface area contributed by atoms with Crippen molar-refractivity contribution in [1.29, 1.82) is 0 Å². The Kier molecular flexibility index (Phi) is 6.04. The molecule has 7 heteroatoms. The van der Waals surface area contributed by atoms with E-state index in [9.17, 15) is 4.79 Å². The van der Waals surface area contributed by atoms with Crippen LogP contribution in [0.25, 0.3) is 0 Å². The zero-order chi connectivity index (χ0) is 16.8. The number of guanidine groups is 1. The molecule has 1 atom stereocenters. The molecule has 0 aromatic heterocycles. The Morgan fingerprint density at radius 2 is 2.35 bits per heavy atom. The van der Waals surface area contributed by atoms with E-state index in [2.05, 4.69) is 38.1 Å². The van der Waals surface area contributed by atoms with Crippen LogP contribution in [0.2, 0.25) is 0 Å². The molecule has 0 bridgehead atoms. The first kappa shape index (κ1) is 17.3. The fourth-order valence-corrected chi connectivity index (χ4v) is 2.54. The Morgan fingerprint density at radius 3 is 3.00 bits per heavy atom. The van der Waals surface area contributed by atoms with Crippen molar-refractivity contribution in [2.45, 2.75) is 12.5 Å². The fourth-order valence-electron chi connectivity index (χ4n) is 2.40. The van der Waals surface area contributed by atoms with E-state index < -0.39 is 0 Å². The Hall–Kier alpha value is -2.02. The van der Waals surface area contributed by atoms with Gasteiger partial charge in [-0.3, -0.25) is 9.79 Å². The number of hydrogen-bond acceptors (Lipinski definition) is 3. The second kappa shape index (κ2) is 8.01. The standard InChI is InChI=1S/C16H21BrN4O2/c1-11(17)9-19-16(18-2)20-12-7-15(22)21(10-12)13-5-4-6-14(8-13)23-3/h4-6,8,12H,1,7,9-10H2,2-3H3,(H2,18,19,20). The highest BCUT2D eigenvalue weighted by atomic mass is 79.9. The summed E-state index contributed by atoms with van der Waals surface area (Å²) < 4.78 is 6.05. The molecule has 1 aliphatic heterocycles. The molecule has 1 heterocycles. The third-order valence-electron chi connectivity index (χ3n) is 3.50. The van der Waals surface area contributed by atoms with Gasteiger partial charge in [0.15, 0.2) is 5.96 Å². The van der Waals surface area contributed by atoms with Gasteiger partial charge in [0.05, 0.1) is 13.2 Å². The number of benzene rings is 1. The van der Waals surface area contributed by atoms with Crippen LogP contribution in [0.1, 0.15) is 6.42 Å². The molecule has 2 rings (SSSR count). The largest absolute Gasteiger partial charge is 0.497 e. The number of carbonyl (C=O) groups excluding carboxylic acids is 1. The second-order valence-corrected chi connectivity index (χ2v) is 6.32. The van der Waals surface area contributed by atoms with Gasteiger partial charge in [-0.05, 0) is 12.1 Å². The molecule has 0 spiro atoms. The molecule has 1 unspecified atom stereocenters. The van der Waals surface area contributed by atoms with E-state index in [-0.39, 0.29) is 11.9 Å². The number of rotatable bonds is 5. The summed E-state index contributed by atoms with van der Waals surface area (Å²) >= 11 is 3.29. The van der Waals surface area contributed by atoms with E-state index >= 15 is 0 Å². The van der Waals surface area contributed by atoms with Crippen LogP contribution in [0.4, 0.5) is 5.69 Å². The number of nitrogens with one attached hydrogen (secondary N) is 2. The lowest BCUT2D eigenvalue weighted by Crippen LogP contribution is -2.44. The first-order chi connectivity index (χ1) is 11.0. The summed E-state index contributed by atoms with van der Waals surface area (Å²) in [4.78, 5) is 18.2. The highest BCUT2D eigenvalue weighted by Crippen LogP contribution is 2.25. The van der Waals surface area contributed by atoms with Gasteiger partial charge in [0, 0.05) is 42.8 Å². The Bertz CT molecular complexity index is 618. The zero-order valence-corrected chi connectivity index (χ0v) is 14.9. The van der Waals surface area contributed by atoms with Gasteiger partial charge in [0.2, 0.25) is 5.91 Å². The zero-order valence-electron chi connectivity index (χ0n) is 13.3. The molecule has 1 amide bonds. The van der Waals surface area contributed by atoms with Crippen molar-refractivity contribution < 1.29 is 9.53 Å². The number of anilines is 1. The van der Waals surface area contributed by atoms with Crippen LogP contribution in [-0.2, 0) is 4.79 Å². The van der Waals surface area contributed by atoms with Crippen LogP contribution < -0.4 is 20.3 Å². The maximum Gasteiger partial charge on any atom is 0.229 e. The molecule has 1 aliphatic rings. The molecule has 0 saturated carbocycles. The van der Waals surface area contributed by atoms with Gasteiger partial charge in [0.25, 0.3) is 0 Å². The van der Waals surface area contributed by atoms with Crippen LogP contribution in [0.15, 0.2) is 40.3 Å². The van der Waals surface area contributed by atoms with Crippen molar-refractivity contribution >= 4 is 33.5 Å². The van der Waals surface area contributed by atoms with Crippen molar-refractivity contribution in [3.8, 4) is 5.75 Å². The fraction of sp³-hybridized carbons (Fsp3) is 0.375. The third kappa shape index (κ3) is 4.72. The van der Waals surface area contributed by atoms with Gasteiger partial charge in [0.1, 0.15) is 5.75 Å². The van der Waals surface area contributed by atoms with Crippen LogP contribution in [0.5, 0.6) is 5.75 Å². The predicted octanol–water partition coefficient (Wildman–Crippen LogP) is 1.87. The number of ether oxygens (including phenoxy) is 1. The monoisotopic (exact) mass is 380 g/mol. The number of aliphatic imine (C=N–C) groups is 1. The number of methoxy groups -OCH3 is 1. The van der Waals surface area contributed by atoms with Crippen molar-refractivity contribution in [2.75, 3.05) is 32.1 Å². The van der Waals surface area contributed by atoms with Gasteiger partial charge >= 0.3 is 0 Å². The van der Waals surface area contributed by atoms with Gasteiger partial charge < -0.3 is 20.3 Å². The molecular weight excluding hydrogens is 360 g/mol. The molecule has 1 fully saturated rings. The molecule has 2 N–H and O–H groups in total. The van der Waals surface area contributed by atoms with Crippen molar-refractivity contribution in [3.05, 3.63) is 35.3 Å². The van der Waals surface area contributed by atoms with Crippen molar-refractivity contribution in [1.82, 2.24) is 10.6 Å². The molecule has 6 nitrogen and oxygen atoms in total. The maximum atomic E-state index is 12.3. The van der Waals surface area contributed by atoms with Crippen LogP contribution in [0.3, 0.4) is 0 Å². The predicted molar refractivity (Wildman–Crippen MR) is 96.3 cm³/mol. The second-order valence-electron chi connectivity index (χ2n) is 5.19. The smallest absolute Gasteiger partial charge is 0.229 e. The maximum absolute atomic E-state index is 12.3. The molecule has 0 radical (unpaired) electrons. The summed E-state index contributed by atoms with van der Waals surface area (Å²) in [7, 11) is 3.31. The summed E-state index contributed by atoms with van der Waals surface area (Å²) in [5, 5.41) is 6.39. The minimum atomic E-state index is 0.00323. The van der Waals surface area contributed by atoms with E-state index in [0.717, 1.165) is 15.9 Å². The normalized spacial score (nSPS) is 18.0. The average molecular weight is 381 g/mol. The lowest BCUT2D eigenvalue weighted by molar-refractivity contribution is -0.117. The molecule has 1 saturated heterocycles. The molecule has 0 aliphatic carbocycles. The molecular formula is C16H21BrN4O2. The van der Waals surface area contributed by atoms with Crippen molar-refractivity contribution in [2.24, 2.45) is 4.99 Å². The van der Waals surface area contributed by atoms with Gasteiger partial charge in [-0.1, -0.05) is 28.6 Å². The Morgan fingerprint density at radius 1 is 1.57 bits per heavy atom. The van der Waals surface area contributed by atoms with E-state index in [1.165, 1.54) is 0 Å². The number of halogens is 1. The lowest BCUT2D eigenvalue weighted by Gasteiger charge is -2.19. The number of nitrogens with zero attached hydrogens (tertiary/aromatic N) is 2. The van der Waals surface area contributed by atoms with Gasteiger partial charge in [-0.15, -0.1) is 0 Å². The van der Waals surface area contributed by atoms with Crippen LogP contribution in [0, 0.1) is 0 Å². The quantitative estimate of drug-likeness (QED) is 0.604. The Labute approximate surface area is 144 Å². The van der Waals surface area contributed by atoms with Gasteiger partial charge in [-0.25, -0.2) is 0 Å².